The van der Waals surface area contributed by atoms with Gasteiger partial charge in [-0.05, 0) is 37.5 Å². The lowest BCUT2D eigenvalue weighted by Gasteiger charge is -2.30. The summed E-state index contributed by atoms with van der Waals surface area (Å²) in [6.45, 7) is 12.1. The zero-order valence-corrected chi connectivity index (χ0v) is 19.0. The highest BCUT2D eigenvalue weighted by atomic mass is 16.2. The Balaban J connectivity index is 1.43. The van der Waals surface area contributed by atoms with Crippen molar-refractivity contribution in [3.8, 4) is 0 Å². The third-order valence-electron chi connectivity index (χ3n) is 6.17. The fraction of sp³-hybridized carbons (Fsp3) is 0.440. The van der Waals surface area contributed by atoms with Crippen LogP contribution in [0.4, 0.5) is 5.69 Å². The Labute approximate surface area is 185 Å². The van der Waals surface area contributed by atoms with Crippen molar-refractivity contribution < 1.29 is 19.4 Å². The summed E-state index contributed by atoms with van der Waals surface area (Å²) in [7, 11) is 0. The van der Waals surface area contributed by atoms with Crippen LogP contribution in [0.15, 0.2) is 48.5 Å². The van der Waals surface area contributed by atoms with Gasteiger partial charge in [0.15, 0.2) is 13.1 Å². The summed E-state index contributed by atoms with van der Waals surface area (Å²) in [5, 5.41) is 3.09. The zero-order valence-electron chi connectivity index (χ0n) is 19.0. The molecule has 3 N–H and O–H groups in total. The number of hydrogen-bond acceptors (Lipinski definition) is 2. The molecule has 0 saturated carbocycles. The quantitative estimate of drug-likeness (QED) is 0.562. The van der Waals surface area contributed by atoms with Crippen LogP contribution in [-0.4, -0.2) is 62.5 Å². The Morgan fingerprint density at radius 2 is 1.45 bits per heavy atom. The highest BCUT2D eigenvalue weighted by molar-refractivity contribution is 5.93. The van der Waals surface area contributed by atoms with Gasteiger partial charge >= 0.3 is 0 Å². The fourth-order valence-corrected chi connectivity index (χ4v) is 4.24. The number of quaternary nitrogens is 2. The first kappa shape index (κ1) is 23.0. The zero-order chi connectivity index (χ0) is 22.2. The summed E-state index contributed by atoms with van der Waals surface area (Å²) < 4.78 is 0. The molecule has 0 radical (unpaired) electrons. The Hall–Kier alpha value is -2.70. The van der Waals surface area contributed by atoms with E-state index in [4.69, 9.17) is 0 Å². The van der Waals surface area contributed by atoms with Crippen molar-refractivity contribution in [2.24, 2.45) is 0 Å². The topological polar surface area (TPSA) is 58.3 Å². The second kappa shape index (κ2) is 11.1. The summed E-state index contributed by atoms with van der Waals surface area (Å²) in [5.74, 6) is 0.268. The van der Waals surface area contributed by atoms with Crippen molar-refractivity contribution in [3.63, 3.8) is 0 Å². The smallest absolute Gasteiger partial charge is 0.279 e. The van der Waals surface area contributed by atoms with Crippen LogP contribution in [0.25, 0.3) is 0 Å². The van der Waals surface area contributed by atoms with Gasteiger partial charge in [0, 0.05) is 18.8 Å². The minimum Gasteiger partial charge on any atom is -0.334 e. The molecule has 2 aromatic carbocycles. The van der Waals surface area contributed by atoms with Gasteiger partial charge in [0.2, 0.25) is 0 Å². The van der Waals surface area contributed by atoms with Crippen LogP contribution in [0.2, 0.25) is 0 Å². The molecule has 0 spiro atoms. The van der Waals surface area contributed by atoms with E-state index in [1.54, 1.807) is 0 Å². The second-order valence-electron chi connectivity index (χ2n) is 8.56. The van der Waals surface area contributed by atoms with Gasteiger partial charge in [-0.3, -0.25) is 9.59 Å². The predicted molar refractivity (Wildman–Crippen MR) is 123 cm³/mol. The summed E-state index contributed by atoms with van der Waals surface area (Å²) in [6.07, 6.45) is 0. The largest absolute Gasteiger partial charge is 0.334 e. The maximum absolute atomic E-state index is 12.8. The van der Waals surface area contributed by atoms with Crippen LogP contribution in [-0.2, 0) is 16.1 Å². The summed E-state index contributed by atoms with van der Waals surface area (Å²) in [5.41, 5.74) is 4.27. The van der Waals surface area contributed by atoms with Gasteiger partial charge in [0.05, 0.1) is 0 Å². The molecular formula is C25H36N4O2+2. The van der Waals surface area contributed by atoms with E-state index in [2.05, 4.69) is 17.4 Å². The van der Waals surface area contributed by atoms with Crippen LogP contribution in [0.1, 0.15) is 23.6 Å². The average Bonchev–Trinajstić information content (AvgIpc) is 2.76. The van der Waals surface area contributed by atoms with Crippen LogP contribution in [0.5, 0.6) is 0 Å². The predicted octanol–water partition coefficient (Wildman–Crippen LogP) is 0.0740. The molecule has 0 aromatic heterocycles. The number of anilines is 1. The van der Waals surface area contributed by atoms with Crippen molar-refractivity contribution >= 4 is 17.5 Å². The number of aryl methyl sites for hydroxylation is 2. The third-order valence-corrected chi connectivity index (χ3v) is 6.17. The van der Waals surface area contributed by atoms with Crippen LogP contribution < -0.4 is 15.1 Å². The van der Waals surface area contributed by atoms with Crippen molar-refractivity contribution in [1.82, 2.24) is 4.90 Å². The Morgan fingerprint density at radius 1 is 0.871 bits per heavy atom. The third kappa shape index (κ3) is 6.64. The molecule has 1 fully saturated rings. The minimum atomic E-state index is 0.0620. The highest BCUT2D eigenvalue weighted by Gasteiger charge is 2.28. The number of likely N-dealkylation sites (N-methyl/N-ethyl adjacent to an activating group) is 1. The lowest BCUT2D eigenvalue weighted by molar-refractivity contribution is -1.00. The minimum absolute atomic E-state index is 0.0620. The Kier molecular flexibility index (Phi) is 8.20. The van der Waals surface area contributed by atoms with Gasteiger partial charge in [-0.25, -0.2) is 0 Å². The molecule has 3 rings (SSSR count). The molecule has 6 nitrogen and oxygen atoms in total. The number of para-hydroxylation sites is 1. The summed E-state index contributed by atoms with van der Waals surface area (Å²) in [6, 6.07) is 16.2. The van der Waals surface area contributed by atoms with Crippen molar-refractivity contribution in [2.75, 3.05) is 51.1 Å². The molecule has 166 valence electrons. The molecular weight excluding hydrogens is 388 g/mol. The number of nitrogens with zero attached hydrogens (tertiary/aromatic N) is 1. The van der Waals surface area contributed by atoms with Crippen LogP contribution in [0, 0.1) is 13.8 Å². The van der Waals surface area contributed by atoms with E-state index in [0.29, 0.717) is 19.6 Å². The second-order valence-corrected chi connectivity index (χ2v) is 8.56. The molecule has 0 unspecified atom stereocenters. The van der Waals surface area contributed by atoms with E-state index in [1.807, 2.05) is 62.1 Å². The number of carbonyl (C=O) groups excluding carboxylic acids is 2. The molecule has 1 aliphatic heterocycles. The van der Waals surface area contributed by atoms with E-state index in [1.165, 1.54) is 9.80 Å². The first-order valence-electron chi connectivity index (χ1n) is 11.3. The van der Waals surface area contributed by atoms with Gasteiger partial charge in [-0.2, -0.15) is 0 Å². The number of rotatable bonds is 8. The monoisotopic (exact) mass is 424 g/mol. The molecule has 6 heteroatoms. The van der Waals surface area contributed by atoms with E-state index in [0.717, 1.165) is 55.1 Å². The number of carbonyl (C=O) groups is 2. The SMILES string of the molecule is CCN(Cc1ccccc1)C(=O)C[NH+]1CC[NH+](CC(=O)Nc2c(C)cccc2C)CC1. The molecule has 0 atom stereocenters. The average molecular weight is 425 g/mol. The van der Waals surface area contributed by atoms with Crippen LogP contribution >= 0.6 is 0 Å². The maximum Gasteiger partial charge on any atom is 0.279 e. The Bertz CT molecular complexity index is 856. The fourth-order valence-electron chi connectivity index (χ4n) is 4.24. The molecule has 1 saturated heterocycles. The molecule has 1 heterocycles. The lowest BCUT2D eigenvalue weighted by atomic mass is 10.1. The van der Waals surface area contributed by atoms with Gasteiger partial charge in [-0.1, -0.05) is 48.5 Å². The van der Waals surface area contributed by atoms with E-state index in [9.17, 15) is 9.59 Å². The number of amides is 2. The lowest BCUT2D eigenvalue weighted by Crippen LogP contribution is -3.28. The van der Waals surface area contributed by atoms with Gasteiger partial charge in [0.25, 0.3) is 11.8 Å². The van der Waals surface area contributed by atoms with Gasteiger partial charge in [-0.15, -0.1) is 0 Å². The van der Waals surface area contributed by atoms with Crippen molar-refractivity contribution in [1.29, 1.82) is 0 Å². The van der Waals surface area contributed by atoms with E-state index < -0.39 is 0 Å². The molecule has 2 amide bonds. The standard InChI is InChI=1S/C25H34N4O2/c1-4-29(17-22-11-6-5-7-12-22)24(31)19-28-15-13-27(14-16-28)18-23(30)26-25-20(2)9-8-10-21(25)3/h5-12H,4,13-19H2,1-3H3,(H,26,30)/p+2. The first-order chi connectivity index (χ1) is 15.0. The number of benzene rings is 2. The van der Waals surface area contributed by atoms with E-state index in [-0.39, 0.29) is 11.8 Å². The van der Waals surface area contributed by atoms with Crippen molar-refractivity contribution in [2.45, 2.75) is 27.3 Å². The normalized spacial score (nSPS) is 18.4. The van der Waals surface area contributed by atoms with Crippen molar-refractivity contribution in [3.05, 3.63) is 65.2 Å². The molecule has 1 aliphatic rings. The maximum atomic E-state index is 12.8. The molecule has 0 aliphatic carbocycles. The highest BCUT2D eigenvalue weighted by Crippen LogP contribution is 2.18. The Morgan fingerprint density at radius 3 is 2.03 bits per heavy atom. The number of hydrogen-bond donors (Lipinski definition) is 3. The molecule has 2 aromatic rings. The molecule has 31 heavy (non-hydrogen) atoms. The number of piperazine rings is 1. The number of nitrogens with one attached hydrogen (secondary N) is 3. The van der Waals surface area contributed by atoms with Gasteiger partial charge < -0.3 is 20.0 Å². The summed E-state index contributed by atoms with van der Waals surface area (Å²) in [4.78, 5) is 29.9. The van der Waals surface area contributed by atoms with E-state index >= 15 is 0 Å². The first-order valence-corrected chi connectivity index (χ1v) is 11.3. The van der Waals surface area contributed by atoms with Gasteiger partial charge in [0.1, 0.15) is 26.2 Å². The van der Waals surface area contributed by atoms with Crippen LogP contribution in [0.3, 0.4) is 0 Å². The summed E-state index contributed by atoms with van der Waals surface area (Å²) >= 11 is 0. The molecule has 0 bridgehead atoms.